The van der Waals surface area contributed by atoms with E-state index >= 15 is 0 Å². The molecule has 0 aliphatic carbocycles. The fourth-order valence-electron chi connectivity index (χ4n) is 7.27. The van der Waals surface area contributed by atoms with Gasteiger partial charge in [-0.05, 0) is 67.6 Å². The second-order valence-corrected chi connectivity index (χ2v) is 14.9. The zero-order chi connectivity index (χ0) is 31.8. The number of fused-ring (bicyclic) bond motifs is 1. The summed E-state index contributed by atoms with van der Waals surface area (Å²) < 4.78 is 26.2. The normalized spacial score (nSPS) is 25.6. The van der Waals surface area contributed by atoms with E-state index in [0.717, 1.165) is 57.5 Å². The molecule has 4 saturated heterocycles. The minimum Gasteiger partial charge on any atom is -0.368 e. The van der Waals surface area contributed by atoms with Crippen LogP contribution in [0.1, 0.15) is 44.1 Å². The van der Waals surface area contributed by atoms with Crippen molar-refractivity contribution in [3.05, 3.63) is 54.1 Å². The van der Waals surface area contributed by atoms with Crippen LogP contribution in [0.5, 0.6) is 0 Å². The van der Waals surface area contributed by atoms with E-state index in [2.05, 4.69) is 44.2 Å². The zero-order valence-corrected chi connectivity index (χ0v) is 26.7. The van der Waals surface area contributed by atoms with E-state index in [4.69, 9.17) is 0 Å². The van der Waals surface area contributed by atoms with Crippen molar-refractivity contribution in [1.82, 2.24) is 25.0 Å². The molecule has 0 radical (unpaired) electrons. The van der Waals surface area contributed by atoms with E-state index in [0.29, 0.717) is 25.1 Å². The Morgan fingerprint density at radius 2 is 1.76 bits per heavy atom. The Morgan fingerprint density at radius 3 is 2.38 bits per heavy atom. The van der Waals surface area contributed by atoms with Crippen molar-refractivity contribution < 1.29 is 18.0 Å². The molecule has 2 amide bonds. The highest BCUT2D eigenvalue weighted by molar-refractivity contribution is 7.89. The summed E-state index contributed by atoms with van der Waals surface area (Å²) in [5.74, 6) is -0.223. The molecule has 0 saturated carbocycles. The number of nitrogens with one attached hydrogen (secondary N) is 3. The summed E-state index contributed by atoms with van der Waals surface area (Å²) in [6, 6.07) is 17.2. The topological polar surface area (TPSA) is 141 Å². The largest absolute Gasteiger partial charge is 0.368 e. The first-order valence-electron chi connectivity index (χ1n) is 15.7. The number of amides is 2. The number of likely N-dealkylation sites (tertiary alicyclic amines) is 1. The SMILES string of the molecule is CN(C)S(=O)(=O)c1ccc(NC2NN(C3(CC#N)CCN(Cc4ccc(N5CCCC5=O)cc4)CC3)C3CCNC(=O)C23)cc1. The third kappa shape index (κ3) is 6.17. The average Bonchev–Trinajstić information content (AvgIpc) is 3.63. The van der Waals surface area contributed by atoms with E-state index in [-0.39, 0.29) is 28.7 Å². The lowest BCUT2D eigenvalue weighted by Gasteiger charge is -2.49. The van der Waals surface area contributed by atoms with Crippen molar-refractivity contribution in [2.75, 3.05) is 50.5 Å². The number of rotatable bonds is 9. The Hall–Kier alpha value is -3.54. The Labute approximate surface area is 265 Å². The molecule has 3 N–H and O–H groups in total. The highest BCUT2D eigenvalue weighted by atomic mass is 32.2. The lowest BCUT2D eigenvalue weighted by atomic mass is 9.81. The number of carbonyl (C=O) groups excluding carboxylic acids is 2. The van der Waals surface area contributed by atoms with Gasteiger partial charge in [0.1, 0.15) is 6.17 Å². The summed E-state index contributed by atoms with van der Waals surface area (Å²) in [7, 11) is -0.553. The summed E-state index contributed by atoms with van der Waals surface area (Å²) in [6.07, 6.45) is 3.79. The predicted octanol–water partition coefficient (Wildman–Crippen LogP) is 2.08. The van der Waals surface area contributed by atoms with E-state index in [1.54, 1.807) is 24.3 Å². The van der Waals surface area contributed by atoms with Crippen LogP contribution in [-0.2, 0) is 26.2 Å². The standard InChI is InChI=1S/C32H42N8O4S/c1-37(2)45(43,44)26-11-7-24(8-12-26)35-30-29-27(13-18-34-31(29)42)40(36-30)32(14-17-33)15-20-38(21-16-32)22-23-5-9-25(10-6-23)39-19-3-4-28(39)41/h5-12,27,29-30,35-36H,3-4,13-16,18-22H2,1-2H3,(H,34,42). The minimum atomic E-state index is -3.55. The Morgan fingerprint density at radius 1 is 1.04 bits per heavy atom. The molecule has 4 fully saturated rings. The summed E-state index contributed by atoms with van der Waals surface area (Å²) in [6.45, 7) is 3.78. The number of sulfonamides is 1. The highest BCUT2D eigenvalue weighted by Crippen LogP contribution is 2.40. The summed E-state index contributed by atoms with van der Waals surface area (Å²) in [4.78, 5) is 29.8. The number of hydrazine groups is 1. The van der Waals surface area contributed by atoms with Crippen LogP contribution < -0.4 is 21.0 Å². The second-order valence-electron chi connectivity index (χ2n) is 12.8. The van der Waals surface area contributed by atoms with Gasteiger partial charge in [0.2, 0.25) is 21.8 Å². The quantitative estimate of drug-likeness (QED) is 0.378. The third-order valence-electron chi connectivity index (χ3n) is 9.81. The first kappa shape index (κ1) is 31.4. The molecule has 2 aromatic rings. The van der Waals surface area contributed by atoms with Gasteiger partial charge in [-0.2, -0.15) is 5.26 Å². The number of hydrogen-bond acceptors (Lipinski definition) is 9. The molecule has 45 heavy (non-hydrogen) atoms. The van der Waals surface area contributed by atoms with Crippen LogP contribution in [0.4, 0.5) is 11.4 Å². The monoisotopic (exact) mass is 634 g/mol. The summed E-state index contributed by atoms with van der Waals surface area (Å²) in [5, 5.41) is 18.6. The van der Waals surface area contributed by atoms with Crippen LogP contribution in [0.2, 0.25) is 0 Å². The maximum atomic E-state index is 13.2. The molecule has 0 aromatic heterocycles. The fourth-order valence-corrected chi connectivity index (χ4v) is 8.17. The van der Waals surface area contributed by atoms with Crippen LogP contribution in [0.15, 0.2) is 53.4 Å². The second kappa shape index (κ2) is 12.7. The van der Waals surface area contributed by atoms with Crippen LogP contribution in [0.3, 0.4) is 0 Å². The molecular weight excluding hydrogens is 592 g/mol. The highest BCUT2D eigenvalue weighted by Gasteiger charge is 2.54. The van der Waals surface area contributed by atoms with Crippen molar-refractivity contribution in [3.8, 4) is 6.07 Å². The first-order valence-corrected chi connectivity index (χ1v) is 17.2. The van der Waals surface area contributed by atoms with E-state index < -0.39 is 21.7 Å². The summed E-state index contributed by atoms with van der Waals surface area (Å²) >= 11 is 0. The molecule has 3 atom stereocenters. The van der Waals surface area contributed by atoms with Crippen LogP contribution in [-0.4, -0.2) is 92.5 Å². The van der Waals surface area contributed by atoms with Crippen LogP contribution in [0.25, 0.3) is 0 Å². The maximum absolute atomic E-state index is 13.2. The first-order chi connectivity index (χ1) is 21.6. The molecule has 0 spiro atoms. The number of nitrogens with zero attached hydrogens (tertiary/aromatic N) is 5. The number of anilines is 2. The van der Waals surface area contributed by atoms with E-state index in [9.17, 15) is 23.3 Å². The molecule has 4 heterocycles. The lowest BCUT2D eigenvalue weighted by molar-refractivity contribution is -0.128. The maximum Gasteiger partial charge on any atom is 0.242 e. The fraction of sp³-hybridized carbons (Fsp3) is 0.531. The number of hydrogen-bond donors (Lipinski definition) is 3. The van der Waals surface area contributed by atoms with E-state index in [1.165, 1.54) is 24.0 Å². The van der Waals surface area contributed by atoms with Crippen molar-refractivity contribution in [2.45, 2.75) is 67.7 Å². The van der Waals surface area contributed by atoms with Gasteiger partial charge in [-0.1, -0.05) is 12.1 Å². The summed E-state index contributed by atoms with van der Waals surface area (Å²) in [5.41, 5.74) is 6.03. The molecule has 0 bridgehead atoms. The molecule has 240 valence electrons. The van der Waals surface area contributed by atoms with Gasteiger partial charge in [0.15, 0.2) is 0 Å². The van der Waals surface area contributed by atoms with Gasteiger partial charge < -0.3 is 15.5 Å². The van der Waals surface area contributed by atoms with Crippen molar-refractivity contribution >= 4 is 33.2 Å². The van der Waals surface area contributed by atoms with Crippen molar-refractivity contribution in [3.63, 3.8) is 0 Å². The molecule has 4 aliphatic heterocycles. The van der Waals surface area contributed by atoms with Crippen LogP contribution >= 0.6 is 0 Å². The van der Waals surface area contributed by atoms with Gasteiger partial charge in [0.05, 0.1) is 28.8 Å². The number of nitriles is 1. The number of benzene rings is 2. The van der Waals surface area contributed by atoms with Gasteiger partial charge in [-0.15, -0.1) is 0 Å². The van der Waals surface area contributed by atoms with Gasteiger partial charge in [-0.3, -0.25) is 14.5 Å². The van der Waals surface area contributed by atoms with Crippen molar-refractivity contribution in [1.29, 1.82) is 5.26 Å². The zero-order valence-electron chi connectivity index (χ0n) is 25.9. The van der Waals surface area contributed by atoms with Gasteiger partial charge in [-0.25, -0.2) is 23.2 Å². The van der Waals surface area contributed by atoms with Gasteiger partial charge >= 0.3 is 0 Å². The molecule has 13 heteroatoms. The predicted molar refractivity (Wildman–Crippen MR) is 170 cm³/mol. The molecule has 12 nitrogen and oxygen atoms in total. The third-order valence-corrected chi connectivity index (χ3v) is 11.6. The number of piperidine rings is 2. The molecule has 6 rings (SSSR count). The Balaban J connectivity index is 1.14. The molecular formula is C32H42N8O4S. The smallest absolute Gasteiger partial charge is 0.242 e. The van der Waals surface area contributed by atoms with Gasteiger partial charge in [0, 0.05) is 70.7 Å². The molecule has 3 unspecified atom stereocenters. The molecule has 4 aliphatic rings. The molecule has 2 aromatic carbocycles. The Kier molecular flexibility index (Phi) is 8.87. The van der Waals surface area contributed by atoms with Gasteiger partial charge in [0.25, 0.3) is 0 Å². The van der Waals surface area contributed by atoms with Crippen molar-refractivity contribution in [2.24, 2.45) is 5.92 Å². The minimum absolute atomic E-state index is 0.0332. The van der Waals surface area contributed by atoms with Crippen LogP contribution in [0, 0.1) is 17.2 Å². The Bertz CT molecular complexity index is 1550. The average molecular weight is 635 g/mol. The lowest BCUT2D eigenvalue weighted by Crippen LogP contribution is -2.62. The van der Waals surface area contributed by atoms with E-state index in [1.807, 2.05) is 17.0 Å². The number of carbonyl (C=O) groups is 2.